The fraction of sp³-hybridized carbons (Fsp3) is 0.250. The number of ketones is 1. The maximum Gasteiger partial charge on any atom is 0.188 e. The molecule has 0 spiro atoms. The van der Waals surface area contributed by atoms with Crippen molar-refractivity contribution in [2.24, 2.45) is 0 Å². The predicted molar refractivity (Wildman–Crippen MR) is 66.4 cm³/mol. The van der Waals surface area contributed by atoms with Crippen LogP contribution in [0.3, 0.4) is 0 Å². The number of ether oxygens (including phenoxy) is 1. The SMILES string of the molecule is C=CCCOCC(=O)c1ccc(Cl)c(Cl)c1. The zero-order chi connectivity index (χ0) is 12.0. The van der Waals surface area contributed by atoms with E-state index in [4.69, 9.17) is 27.9 Å². The summed E-state index contributed by atoms with van der Waals surface area (Å²) in [6.07, 6.45) is 2.47. The highest BCUT2D eigenvalue weighted by Gasteiger charge is 2.07. The fourth-order valence-electron chi connectivity index (χ4n) is 1.08. The van der Waals surface area contributed by atoms with E-state index in [1.807, 2.05) is 0 Å². The van der Waals surface area contributed by atoms with Gasteiger partial charge in [0.05, 0.1) is 16.7 Å². The molecule has 0 radical (unpaired) electrons. The molecule has 0 atom stereocenters. The zero-order valence-electron chi connectivity index (χ0n) is 8.71. The number of hydrogen-bond acceptors (Lipinski definition) is 2. The molecule has 0 saturated heterocycles. The van der Waals surface area contributed by atoms with E-state index in [0.29, 0.717) is 22.2 Å². The normalized spacial score (nSPS) is 10.1. The summed E-state index contributed by atoms with van der Waals surface area (Å²) in [5, 5.41) is 0.810. The van der Waals surface area contributed by atoms with E-state index in [-0.39, 0.29) is 12.4 Å². The van der Waals surface area contributed by atoms with Gasteiger partial charge in [-0.3, -0.25) is 4.79 Å². The molecule has 4 heteroatoms. The van der Waals surface area contributed by atoms with Gasteiger partial charge in [-0.2, -0.15) is 0 Å². The highest BCUT2D eigenvalue weighted by molar-refractivity contribution is 6.42. The number of halogens is 2. The topological polar surface area (TPSA) is 26.3 Å². The summed E-state index contributed by atoms with van der Waals surface area (Å²) in [7, 11) is 0. The van der Waals surface area contributed by atoms with Crippen LogP contribution < -0.4 is 0 Å². The number of hydrogen-bond donors (Lipinski definition) is 0. The number of carbonyl (C=O) groups is 1. The molecule has 0 aliphatic heterocycles. The molecule has 86 valence electrons. The summed E-state index contributed by atoms with van der Waals surface area (Å²) < 4.78 is 5.16. The van der Waals surface area contributed by atoms with Crippen molar-refractivity contribution in [1.82, 2.24) is 0 Å². The standard InChI is InChI=1S/C12H12Cl2O2/c1-2-3-6-16-8-12(15)9-4-5-10(13)11(14)7-9/h2,4-5,7H,1,3,6,8H2. The lowest BCUT2D eigenvalue weighted by Crippen LogP contribution is -2.09. The first-order valence-electron chi connectivity index (χ1n) is 4.82. The molecular weight excluding hydrogens is 247 g/mol. The first kappa shape index (κ1) is 13.2. The summed E-state index contributed by atoms with van der Waals surface area (Å²) in [5.41, 5.74) is 0.507. The van der Waals surface area contributed by atoms with Crippen LogP contribution in [-0.4, -0.2) is 19.0 Å². The molecule has 0 aliphatic carbocycles. The number of benzene rings is 1. The average molecular weight is 259 g/mol. The number of rotatable bonds is 6. The second-order valence-electron chi connectivity index (χ2n) is 3.18. The summed E-state index contributed by atoms with van der Waals surface area (Å²) >= 11 is 11.5. The second-order valence-corrected chi connectivity index (χ2v) is 4.00. The van der Waals surface area contributed by atoms with Gasteiger partial charge in [-0.15, -0.1) is 6.58 Å². The van der Waals surface area contributed by atoms with Gasteiger partial charge in [0.1, 0.15) is 6.61 Å². The molecule has 0 heterocycles. The van der Waals surface area contributed by atoms with Crippen LogP contribution in [0, 0.1) is 0 Å². The van der Waals surface area contributed by atoms with Gasteiger partial charge < -0.3 is 4.74 Å². The van der Waals surface area contributed by atoms with Crippen LogP contribution in [0.15, 0.2) is 30.9 Å². The third-order valence-corrected chi connectivity index (χ3v) is 2.68. The zero-order valence-corrected chi connectivity index (χ0v) is 10.2. The Hall–Kier alpha value is -0.830. The lowest BCUT2D eigenvalue weighted by molar-refractivity contribution is 0.0768. The van der Waals surface area contributed by atoms with Gasteiger partial charge in [-0.1, -0.05) is 29.3 Å². The molecule has 1 rings (SSSR count). The first-order chi connectivity index (χ1) is 7.65. The van der Waals surface area contributed by atoms with Crippen LogP contribution in [-0.2, 0) is 4.74 Å². The Labute approximate surface area is 105 Å². The molecule has 0 N–H and O–H groups in total. The largest absolute Gasteiger partial charge is 0.373 e. The van der Waals surface area contributed by atoms with Crippen LogP contribution in [0.25, 0.3) is 0 Å². The molecule has 0 unspecified atom stereocenters. The second kappa shape index (κ2) is 6.69. The lowest BCUT2D eigenvalue weighted by atomic mass is 10.1. The fourth-order valence-corrected chi connectivity index (χ4v) is 1.38. The minimum atomic E-state index is -0.109. The van der Waals surface area contributed by atoms with Gasteiger partial charge in [0.2, 0.25) is 0 Å². The maximum absolute atomic E-state index is 11.6. The predicted octanol–water partition coefficient (Wildman–Crippen LogP) is 3.77. The lowest BCUT2D eigenvalue weighted by Gasteiger charge is -2.03. The molecule has 16 heavy (non-hydrogen) atoms. The van der Waals surface area contributed by atoms with Gasteiger partial charge in [0.25, 0.3) is 0 Å². The third kappa shape index (κ3) is 3.97. The quantitative estimate of drug-likeness (QED) is 0.441. The molecule has 2 nitrogen and oxygen atoms in total. The van der Waals surface area contributed by atoms with Crippen LogP contribution >= 0.6 is 23.2 Å². The van der Waals surface area contributed by atoms with Crippen LogP contribution in [0.4, 0.5) is 0 Å². The minimum Gasteiger partial charge on any atom is -0.373 e. The molecule has 1 aromatic carbocycles. The van der Waals surface area contributed by atoms with Crippen molar-refractivity contribution in [3.8, 4) is 0 Å². The molecule has 0 aromatic heterocycles. The molecular formula is C12H12Cl2O2. The Morgan fingerprint density at radius 2 is 2.12 bits per heavy atom. The van der Waals surface area contributed by atoms with E-state index in [1.54, 1.807) is 24.3 Å². The first-order valence-corrected chi connectivity index (χ1v) is 5.57. The molecule has 1 aromatic rings. The van der Waals surface area contributed by atoms with E-state index in [1.165, 1.54) is 0 Å². The van der Waals surface area contributed by atoms with E-state index in [0.717, 1.165) is 6.42 Å². The molecule has 0 saturated carbocycles. The summed E-state index contributed by atoms with van der Waals surface area (Å²) in [5.74, 6) is -0.109. The highest BCUT2D eigenvalue weighted by Crippen LogP contribution is 2.22. The summed E-state index contributed by atoms with van der Waals surface area (Å²) in [6, 6.07) is 4.78. The van der Waals surface area contributed by atoms with Crippen molar-refractivity contribution in [3.05, 3.63) is 46.5 Å². The maximum atomic E-state index is 11.6. The van der Waals surface area contributed by atoms with Gasteiger partial charge in [0.15, 0.2) is 5.78 Å². The van der Waals surface area contributed by atoms with Crippen molar-refractivity contribution in [3.63, 3.8) is 0 Å². The Morgan fingerprint density at radius 3 is 2.75 bits per heavy atom. The number of carbonyl (C=O) groups excluding carboxylic acids is 1. The minimum absolute atomic E-state index is 0.0474. The van der Waals surface area contributed by atoms with Gasteiger partial charge >= 0.3 is 0 Å². The Kier molecular flexibility index (Phi) is 5.53. The van der Waals surface area contributed by atoms with Crippen molar-refractivity contribution in [1.29, 1.82) is 0 Å². The Bertz CT molecular complexity index is 389. The molecule has 0 aliphatic rings. The van der Waals surface area contributed by atoms with Gasteiger partial charge in [0, 0.05) is 5.56 Å². The van der Waals surface area contributed by atoms with Gasteiger partial charge in [-0.25, -0.2) is 0 Å². The summed E-state index contributed by atoms with van der Waals surface area (Å²) in [4.78, 5) is 11.6. The van der Waals surface area contributed by atoms with Crippen molar-refractivity contribution in [2.45, 2.75) is 6.42 Å². The smallest absolute Gasteiger partial charge is 0.188 e. The van der Waals surface area contributed by atoms with Crippen LogP contribution in [0.2, 0.25) is 10.0 Å². The van der Waals surface area contributed by atoms with Crippen molar-refractivity contribution >= 4 is 29.0 Å². The van der Waals surface area contributed by atoms with Crippen molar-refractivity contribution in [2.75, 3.05) is 13.2 Å². The van der Waals surface area contributed by atoms with E-state index in [9.17, 15) is 4.79 Å². The van der Waals surface area contributed by atoms with E-state index in [2.05, 4.69) is 6.58 Å². The Morgan fingerprint density at radius 1 is 1.38 bits per heavy atom. The van der Waals surface area contributed by atoms with Crippen LogP contribution in [0.1, 0.15) is 16.8 Å². The van der Waals surface area contributed by atoms with Gasteiger partial charge in [-0.05, 0) is 24.6 Å². The van der Waals surface area contributed by atoms with Crippen molar-refractivity contribution < 1.29 is 9.53 Å². The molecule has 0 bridgehead atoms. The highest BCUT2D eigenvalue weighted by atomic mass is 35.5. The third-order valence-electron chi connectivity index (χ3n) is 1.94. The Balaban J connectivity index is 2.52. The monoisotopic (exact) mass is 258 g/mol. The van der Waals surface area contributed by atoms with Crippen LogP contribution in [0.5, 0.6) is 0 Å². The molecule has 0 amide bonds. The summed E-state index contributed by atoms with van der Waals surface area (Å²) in [6.45, 7) is 4.10. The number of Topliss-reactive ketones (excluding diaryl/α,β-unsaturated/α-hetero) is 1. The molecule has 0 fully saturated rings. The van der Waals surface area contributed by atoms with E-state index >= 15 is 0 Å². The average Bonchev–Trinajstić information content (AvgIpc) is 2.28. The van der Waals surface area contributed by atoms with E-state index < -0.39 is 0 Å².